The fraction of sp³-hybridized carbons (Fsp3) is 0.600. The van der Waals surface area contributed by atoms with Crippen molar-refractivity contribution in [1.29, 1.82) is 0 Å². The van der Waals surface area contributed by atoms with Gasteiger partial charge in [-0.05, 0) is 38.9 Å². The first-order valence-corrected chi connectivity index (χ1v) is 10.1. The Labute approximate surface area is 166 Å². The Morgan fingerprint density at radius 3 is 2.68 bits per heavy atom. The van der Waals surface area contributed by atoms with Gasteiger partial charge in [-0.3, -0.25) is 9.58 Å². The van der Waals surface area contributed by atoms with Crippen LogP contribution in [-0.2, 0) is 26.1 Å². The molecule has 152 valence electrons. The van der Waals surface area contributed by atoms with E-state index in [-0.39, 0.29) is 6.03 Å². The quantitative estimate of drug-likeness (QED) is 0.725. The summed E-state index contributed by atoms with van der Waals surface area (Å²) < 4.78 is 2.06. The number of unbranched alkanes of at least 4 members (excludes halogenated alkanes) is 1. The molecule has 3 heterocycles. The standard InChI is InChI=1S/C20H31N7O/c1-4-5-8-26-9-10-27-18(14-26)12-17(25-27)13-22-20(28)21-7-6-19-23-15(2)11-16(3)24-19/h11-12H,4-10,13-14H2,1-3H3,(H2,21,22,28). The Kier molecular flexibility index (Phi) is 6.97. The molecule has 0 aliphatic carbocycles. The second kappa shape index (κ2) is 9.64. The topological polar surface area (TPSA) is 88.0 Å². The molecule has 2 aromatic rings. The molecule has 8 heteroatoms. The van der Waals surface area contributed by atoms with E-state index in [0.29, 0.717) is 19.5 Å². The third-order valence-corrected chi connectivity index (χ3v) is 4.85. The monoisotopic (exact) mass is 385 g/mol. The molecule has 0 unspecified atom stereocenters. The predicted octanol–water partition coefficient (Wildman–Crippen LogP) is 1.95. The van der Waals surface area contributed by atoms with Gasteiger partial charge in [-0.15, -0.1) is 0 Å². The van der Waals surface area contributed by atoms with Crippen LogP contribution in [0.3, 0.4) is 0 Å². The van der Waals surface area contributed by atoms with Gasteiger partial charge in [0.2, 0.25) is 0 Å². The van der Waals surface area contributed by atoms with Crippen LogP contribution in [0, 0.1) is 13.8 Å². The molecule has 0 fully saturated rings. The van der Waals surface area contributed by atoms with E-state index in [9.17, 15) is 4.79 Å². The van der Waals surface area contributed by atoms with Gasteiger partial charge in [0, 0.05) is 37.4 Å². The first kappa shape index (κ1) is 20.3. The molecule has 2 aromatic heterocycles. The van der Waals surface area contributed by atoms with Crippen molar-refractivity contribution in [2.75, 3.05) is 19.6 Å². The number of hydrogen-bond donors (Lipinski definition) is 2. The predicted molar refractivity (Wildman–Crippen MR) is 108 cm³/mol. The molecule has 0 saturated heterocycles. The lowest BCUT2D eigenvalue weighted by atomic mass is 10.2. The van der Waals surface area contributed by atoms with E-state index in [1.54, 1.807) is 0 Å². The molecule has 1 aliphatic rings. The smallest absolute Gasteiger partial charge is 0.315 e. The van der Waals surface area contributed by atoms with Crippen LogP contribution < -0.4 is 10.6 Å². The van der Waals surface area contributed by atoms with Crippen LogP contribution in [0.5, 0.6) is 0 Å². The van der Waals surface area contributed by atoms with Crippen molar-refractivity contribution >= 4 is 6.03 Å². The molecule has 0 bridgehead atoms. The van der Waals surface area contributed by atoms with Gasteiger partial charge in [-0.2, -0.15) is 5.10 Å². The highest BCUT2D eigenvalue weighted by Gasteiger charge is 2.18. The molecular weight excluding hydrogens is 354 g/mol. The number of aromatic nitrogens is 4. The average Bonchev–Trinajstić information content (AvgIpc) is 3.06. The van der Waals surface area contributed by atoms with Crippen LogP contribution in [0.25, 0.3) is 0 Å². The zero-order chi connectivity index (χ0) is 19.9. The Balaban J connectivity index is 1.41. The second-order valence-electron chi connectivity index (χ2n) is 7.41. The normalized spacial score (nSPS) is 14.0. The van der Waals surface area contributed by atoms with Crippen LogP contribution in [0.15, 0.2) is 12.1 Å². The van der Waals surface area contributed by atoms with Crippen LogP contribution in [0.4, 0.5) is 4.79 Å². The van der Waals surface area contributed by atoms with Gasteiger partial charge in [0.1, 0.15) is 5.82 Å². The largest absolute Gasteiger partial charge is 0.338 e. The lowest BCUT2D eigenvalue weighted by Crippen LogP contribution is -2.36. The van der Waals surface area contributed by atoms with Crippen molar-refractivity contribution in [3.63, 3.8) is 0 Å². The van der Waals surface area contributed by atoms with E-state index in [2.05, 4.69) is 48.3 Å². The van der Waals surface area contributed by atoms with Crippen molar-refractivity contribution in [1.82, 2.24) is 35.3 Å². The minimum atomic E-state index is -0.195. The summed E-state index contributed by atoms with van der Waals surface area (Å²) in [6, 6.07) is 3.85. The molecular formula is C20H31N7O. The van der Waals surface area contributed by atoms with E-state index in [1.807, 2.05) is 19.9 Å². The second-order valence-corrected chi connectivity index (χ2v) is 7.41. The Hall–Kier alpha value is -2.48. The molecule has 0 aromatic carbocycles. The molecule has 0 spiro atoms. The zero-order valence-electron chi connectivity index (χ0n) is 17.2. The molecule has 3 rings (SSSR count). The first-order chi connectivity index (χ1) is 13.5. The van der Waals surface area contributed by atoms with E-state index >= 15 is 0 Å². The Bertz CT molecular complexity index is 782. The molecule has 8 nitrogen and oxygen atoms in total. The van der Waals surface area contributed by atoms with Crippen molar-refractivity contribution in [3.05, 3.63) is 40.7 Å². The van der Waals surface area contributed by atoms with Crippen molar-refractivity contribution in [2.24, 2.45) is 0 Å². The van der Waals surface area contributed by atoms with Gasteiger partial charge in [-0.25, -0.2) is 14.8 Å². The summed E-state index contributed by atoms with van der Waals surface area (Å²) in [5.74, 6) is 0.757. The number of nitrogens with one attached hydrogen (secondary N) is 2. The van der Waals surface area contributed by atoms with E-state index in [0.717, 1.165) is 49.1 Å². The number of hydrogen-bond acceptors (Lipinski definition) is 5. The van der Waals surface area contributed by atoms with Crippen molar-refractivity contribution < 1.29 is 4.79 Å². The molecule has 2 amide bonds. The maximum absolute atomic E-state index is 12.0. The fourth-order valence-electron chi connectivity index (χ4n) is 3.47. The third kappa shape index (κ3) is 5.76. The summed E-state index contributed by atoms with van der Waals surface area (Å²) in [6.07, 6.45) is 3.06. The van der Waals surface area contributed by atoms with Crippen molar-refractivity contribution in [3.8, 4) is 0 Å². The lowest BCUT2D eigenvalue weighted by molar-refractivity contribution is 0.210. The number of carbonyl (C=O) groups is 1. The highest BCUT2D eigenvalue weighted by Crippen LogP contribution is 2.14. The van der Waals surface area contributed by atoms with Crippen molar-refractivity contribution in [2.45, 2.75) is 59.7 Å². The first-order valence-electron chi connectivity index (χ1n) is 10.1. The number of urea groups is 1. The molecule has 0 radical (unpaired) electrons. The summed E-state index contributed by atoms with van der Waals surface area (Å²) >= 11 is 0. The van der Waals surface area contributed by atoms with Crippen LogP contribution >= 0.6 is 0 Å². The Morgan fingerprint density at radius 2 is 1.93 bits per heavy atom. The fourth-order valence-corrected chi connectivity index (χ4v) is 3.47. The zero-order valence-corrected chi connectivity index (χ0v) is 17.2. The van der Waals surface area contributed by atoms with Gasteiger partial charge in [0.15, 0.2) is 0 Å². The summed E-state index contributed by atoms with van der Waals surface area (Å²) in [5, 5.41) is 10.4. The number of aryl methyl sites for hydroxylation is 2. The summed E-state index contributed by atoms with van der Waals surface area (Å²) in [6.45, 7) is 11.1. The third-order valence-electron chi connectivity index (χ3n) is 4.85. The maximum Gasteiger partial charge on any atom is 0.315 e. The maximum atomic E-state index is 12.0. The van der Waals surface area contributed by atoms with Crippen LogP contribution in [0.1, 0.15) is 48.4 Å². The molecule has 1 aliphatic heterocycles. The number of amides is 2. The molecule has 28 heavy (non-hydrogen) atoms. The molecule has 0 saturated carbocycles. The highest BCUT2D eigenvalue weighted by atomic mass is 16.2. The van der Waals surface area contributed by atoms with E-state index in [1.165, 1.54) is 18.5 Å². The van der Waals surface area contributed by atoms with Crippen LogP contribution in [0.2, 0.25) is 0 Å². The highest BCUT2D eigenvalue weighted by molar-refractivity contribution is 5.73. The van der Waals surface area contributed by atoms with Gasteiger partial charge >= 0.3 is 6.03 Å². The van der Waals surface area contributed by atoms with Gasteiger partial charge < -0.3 is 10.6 Å². The van der Waals surface area contributed by atoms with E-state index < -0.39 is 0 Å². The minimum Gasteiger partial charge on any atom is -0.338 e. The average molecular weight is 386 g/mol. The van der Waals surface area contributed by atoms with Gasteiger partial charge in [-0.1, -0.05) is 13.3 Å². The summed E-state index contributed by atoms with van der Waals surface area (Å²) in [4.78, 5) is 23.3. The van der Waals surface area contributed by atoms with E-state index in [4.69, 9.17) is 0 Å². The minimum absolute atomic E-state index is 0.195. The number of nitrogens with zero attached hydrogens (tertiary/aromatic N) is 5. The van der Waals surface area contributed by atoms with Gasteiger partial charge in [0.25, 0.3) is 0 Å². The molecule has 0 atom stereocenters. The SMILES string of the molecule is CCCCN1CCn2nc(CNC(=O)NCCc3nc(C)cc(C)n3)cc2C1. The summed E-state index contributed by atoms with van der Waals surface area (Å²) in [5.41, 5.74) is 4.03. The van der Waals surface area contributed by atoms with Gasteiger partial charge in [0.05, 0.1) is 24.5 Å². The van der Waals surface area contributed by atoms with Crippen LogP contribution in [-0.4, -0.2) is 50.3 Å². The molecule has 2 N–H and O–H groups in total. The summed E-state index contributed by atoms with van der Waals surface area (Å²) in [7, 11) is 0. The lowest BCUT2D eigenvalue weighted by Gasteiger charge is -2.27. The number of fused-ring (bicyclic) bond motifs is 1. The number of rotatable bonds is 8. The number of carbonyl (C=O) groups excluding carboxylic acids is 1. The Morgan fingerprint density at radius 1 is 1.14 bits per heavy atom.